The molecule has 0 aliphatic rings. The van der Waals surface area contributed by atoms with Crippen LogP contribution in [0.3, 0.4) is 0 Å². The lowest BCUT2D eigenvalue weighted by Gasteiger charge is -2.12. The molecule has 0 spiro atoms. The van der Waals surface area contributed by atoms with E-state index in [0.29, 0.717) is 0 Å². The molecule has 0 aromatic rings. The van der Waals surface area contributed by atoms with Crippen LogP contribution in [-0.2, 0) is 9.53 Å². The predicted octanol–water partition coefficient (Wildman–Crippen LogP) is 0.120. The molecule has 0 bridgehead atoms. The highest BCUT2D eigenvalue weighted by atomic mass is 16.6. The summed E-state index contributed by atoms with van der Waals surface area (Å²) in [6, 6.07) is -0.739. The van der Waals surface area contributed by atoms with Crippen LogP contribution in [0.25, 0.3) is 0 Å². The lowest BCUT2D eigenvalue weighted by molar-refractivity contribution is -0.144. The molecule has 2 amide bonds. The van der Waals surface area contributed by atoms with Gasteiger partial charge in [-0.2, -0.15) is 0 Å². The van der Waals surface area contributed by atoms with E-state index in [4.69, 9.17) is 5.73 Å². The molecule has 5 heteroatoms. The fraction of sp³-hybridized carbons (Fsp3) is 0.429. The first-order chi connectivity index (χ1) is 5.43. The molecule has 3 N–H and O–H groups in total. The number of nitrogens with one attached hydrogen (secondary N) is 1. The Bertz CT molecular complexity index is 213. The number of amides is 2. The van der Waals surface area contributed by atoms with Gasteiger partial charge in [0, 0.05) is 5.57 Å². The molecule has 0 aromatic carbocycles. The second-order valence-electron chi connectivity index (χ2n) is 2.34. The van der Waals surface area contributed by atoms with Crippen molar-refractivity contribution in [2.45, 2.75) is 20.1 Å². The minimum atomic E-state index is -0.739. The number of rotatable bonds is 3. The van der Waals surface area contributed by atoms with Gasteiger partial charge >= 0.3 is 12.0 Å². The van der Waals surface area contributed by atoms with Gasteiger partial charge in [0.05, 0.1) is 0 Å². The number of esters is 1. The minimum absolute atomic E-state index is 0.271. The first-order valence-corrected chi connectivity index (χ1v) is 3.36. The smallest absolute Gasteiger partial charge is 0.335 e. The number of hydrogen-bond donors (Lipinski definition) is 2. The van der Waals surface area contributed by atoms with Gasteiger partial charge in [-0.3, -0.25) is 0 Å². The number of carbonyl (C=O) groups is 2. The zero-order chi connectivity index (χ0) is 9.72. The van der Waals surface area contributed by atoms with Crippen LogP contribution in [0.4, 0.5) is 4.79 Å². The molecule has 12 heavy (non-hydrogen) atoms. The van der Waals surface area contributed by atoms with Gasteiger partial charge in [-0.25, -0.2) is 9.59 Å². The molecule has 68 valence electrons. The molecule has 0 rings (SSSR count). The average Bonchev–Trinajstić information content (AvgIpc) is 1.84. The van der Waals surface area contributed by atoms with Crippen molar-refractivity contribution in [2.24, 2.45) is 5.73 Å². The number of hydrogen-bond acceptors (Lipinski definition) is 3. The number of ether oxygens (including phenoxy) is 1. The average molecular weight is 172 g/mol. The van der Waals surface area contributed by atoms with Gasteiger partial charge in [-0.15, -0.1) is 0 Å². The van der Waals surface area contributed by atoms with E-state index in [1.54, 1.807) is 0 Å². The monoisotopic (exact) mass is 172 g/mol. The van der Waals surface area contributed by atoms with Crippen LogP contribution in [0.1, 0.15) is 13.8 Å². The Labute approximate surface area is 70.6 Å². The van der Waals surface area contributed by atoms with E-state index in [9.17, 15) is 9.59 Å². The highest BCUT2D eigenvalue weighted by Crippen LogP contribution is 1.94. The minimum Gasteiger partial charge on any atom is -0.439 e. The van der Waals surface area contributed by atoms with Crippen LogP contribution in [0.5, 0.6) is 0 Å². The molecule has 0 saturated carbocycles. The van der Waals surface area contributed by atoms with E-state index in [2.05, 4.69) is 16.6 Å². The molecule has 0 fully saturated rings. The van der Waals surface area contributed by atoms with Crippen LogP contribution in [0, 0.1) is 0 Å². The second kappa shape index (κ2) is 4.38. The topological polar surface area (TPSA) is 81.4 Å². The maximum Gasteiger partial charge on any atom is 0.335 e. The summed E-state index contributed by atoms with van der Waals surface area (Å²) in [5, 5.41) is 2.18. The molecule has 5 nitrogen and oxygen atoms in total. The lowest BCUT2D eigenvalue weighted by Crippen LogP contribution is -2.39. The van der Waals surface area contributed by atoms with E-state index in [1.165, 1.54) is 13.8 Å². The van der Waals surface area contributed by atoms with Gasteiger partial charge in [0.2, 0.25) is 0 Å². The molecule has 0 heterocycles. The third-order valence-corrected chi connectivity index (χ3v) is 0.978. The summed E-state index contributed by atoms with van der Waals surface area (Å²) in [6.07, 6.45) is -0.730. The van der Waals surface area contributed by atoms with Crippen molar-refractivity contribution in [3.8, 4) is 0 Å². The molecule has 1 atom stereocenters. The number of urea groups is 1. The van der Waals surface area contributed by atoms with Crippen LogP contribution >= 0.6 is 0 Å². The highest BCUT2D eigenvalue weighted by Gasteiger charge is 2.09. The third kappa shape index (κ3) is 4.32. The number of primary amides is 1. The van der Waals surface area contributed by atoms with Crippen molar-refractivity contribution >= 4 is 12.0 Å². The Kier molecular flexibility index (Phi) is 3.82. The van der Waals surface area contributed by atoms with Gasteiger partial charge < -0.3 is 15.8 Å². The van der Waals surface area contributed by atoms with E-state index in [1.807, 2.05) is 0 Å². The SMILES string of the molecule is C=C(C)C(=O)OC(C)NC(N)=O. The standard InChI is InChI=1S/C7H12N2O3/c1-4(2)6(10)12-5(3)9-7(8)11/h5H,1H2,2-3H3,(H3,8,9,11). The van der Waals surface area contributed by atoms with Crippen molar-refractivity contribution < 1.29 is 14.3 Å². The summed E-state index contributed by atoms with van der Waals surface area (Å²) in [5.74, 6) is -0.559. The van der Waals surface area contributed by atoms with Crippen molar-refractivity contribution in [1.29, 1.82) is 0 Å². The molecule has 1 unspecified atom stereocenters. The van der Waals surface area contributed by atoms with Gasteiger partial charge in [0.25, 0.3) is 0 Å². The molecular weight excluding hydrogens is 160 g/mol. The molecule has 0 aliphatic carbocycles. The van der Waals surface area contributed by atoms with Crippen LogP contribution in [0.15, 0.2) is 12.2 Å². The lowest BCUT2D eigenvalue weighted by atomic mass is 10.4. The Morgan fingerprint density at radius 1 is 1.58 bits per heavy atom. The van der Waals surface area contributed by atoms with Gasteiger partial charge in [-0.05, 0) is 13.8 Å². The molecular formula is C7H12N2O3. The van der Waals surface area contributed by atoms with Crippen molar-refractivity contribution in [3.63, 3.8) is 0 Å². The largest absolute Gasteiger partial charge is 0.439 e. The first kappa shape index (κ1) is 10.5. The molecule has 0 radical (unpaired) electrons. The van der Waals surface area contributed by atoms with E-state index in [0.717, 1.165) is 0 Å². The van der Waals surface area contributed by atoms with Crippen molar-refractivity contribution in [2.75, 3.05) is 0 Å². The second-order valence-corrected chi connectivity index (χ2v) is 2.34. The Morgan fingerprint density at radius 2 is 2.08 bits per heavy atom. The first-order valence-electron chi connectivity index (χ1n) is 3.36. The quantitative estimate of drug-likeness (QED) is 0.360. The zero-order valence-electron chi connectivity index (χ0n) is 7.09. The summed E-state index contributed by atoms with van der Waals surface area (Å²) in [7, 11) is 0. The van der Waals surface area contributed by atoms with E-state index in [-0.39, 0.29) is 5.57 Å². The fourth-order valence-electron chi connectivity index (χ4n) is 0.491. The van der Waals surface area contributed by atoms with E-state index >= 15 is 0 Å². The van der Waals surface area contributed by atoms with Crippen LogP contribution < -0.4 is 11.1 Å². The third-order valence-electron chi connectivity index (χ3n) is 0.978. The normalized spacial score (nSPS) is 11.5. The van der Waals surface area contributed by atoms with Gasteiger partial charge in [0.15, 0.2) is 6.23 Å². The predicted molar refractivity (Wildman–Crippen MR) is 43.1 cm³/mol. The summed E-state index contributed by atoms with van der Waals surface area (Å²) in [6.45, 7) is 6.37. The maximum atomic E-state index is 10.8. The number of carbonyl (C=O) groups excluding carboxylic acids is 2. The number of nitrogens with two attached hydrogens (primary N) is 1. The summed E-state index contributed by atoms with van der Waals surface area (Å²) >= 11 is 0. The highest BCUT2D eigenvalue weighted by molar-refractivity contribution is 5.87. The zero-order valence-corrected chi connectivity index (χ0v) is 7.09. The Balaban J connectivity index is 3.84. The maximum absolute atomic E-state index is 10.8. The van der Waals surface area contributed by atoms with Crippen LogP contribution in [0.2, 0.25) is 0 Å². The molecule has 0 aromatic heterocycles. The van der Waals surface area contributed by atoms with Crippen LogP contribution in [-0.4, -0.2) is 18.2 Å². The van der Waals surface area contributed by atoms with Crippen molar-refractivity contribution in [1.82, 2.24) is 5.32 Å². The summed E-state index contributed by atoms with van der Waals surface area (Å²) < 4.78 is 4.67. The summed E-state index contributed by atoms with van der Waals surface area (Å²) in [5.41, 5.74) is 5.05. The molecule has 0 aliphatic heterocycles. The molecule has 0 saturated heterocycles. The van der Waals surface area contributed by atoms with E-state index < -0.39 is 18.2 Å². The van der Waals surface area contributed by atoms with Gasteiger partial charge in [-0.1, -0.05) is 6.58 Å². The summed E-state index contributed by atoms with van der Waals surface area (Å²) in [4.78, 5) is 21.1. The Hall–Kier alpha value is -1.52. The Morgan fingerprint density at radius 3 is 2.42 bits per heavy atom. The fourth-order valence-corrected chi connectivity index (χ4v) is 0.491. The van der Waals surface area contributed by atoms with Gasteiger partial charge in [0.1, 0.15) is 0 Å². The van der Waals surface area contributed by atoms with Crippen molar-refractivity contribution in [3.05, 3.63) is 12.2 Å².